The predicted octanol–water partition coefficient (Wildman–Crippen LogP) is -0.405. The number of hydrogen-bond acceptors (Lipinski definition) is 3. The summed E-state index contributed by atoms with van der Waals surface area (Å²) in [5.74, 6) is 0. The Bertz CT molecular complexity index is 326. The molecule has 14 heavy (non-hydrogen) atoms. The second kappa shape index (κ2) is 4.21. The van der Waals surface area contributed by atoms with Crippen LogP contribution in [0.2, 0.25) is 0 Å². The van der Waals surface area contributed by atoms with Crippen LogP contribution in [-0.4, -0.2) is 22.5 Å². The number of aryl methyl sites for hydroxylation is 2. The maximum atomic E-state index is 5.34. The van der Waals surface area contributed by atoms with Crippen molar-refractivity contribution in [1.29, 1.82) is 0 Å². The van der Waals surface area contributed by atoms with Crippen LogP contribution in [0, 0.1) is 13.8 Å². The molecule has 1 heterocycles. The summed E-state index contributed by atoms with van der Waals surface area (Å²) in [5.41, 5.74) is 3.52. The van der Waals surface area contributed by atoms with Crippen molar-refractivity contribution >= 4 is 28.0 Å². The van der Waals surface area contributed by atoms with Crippen LogP contribution in [-0.2, 0) is 13.7 Å². The van der Waals surface area contributed by atoms with Gasteiger partial charge in [-0.3, -0.25) is 0 Å². The first-order valence-corrected chi connectivity index (χ1v) is 4.65. The van der Waals surface area contributed by atoms with Crippen LogP contribution < -0.4 is 5.46 Å². The van der Waals surface area contributed by atoms with Crippen LogP contribution in [0.4, 0.5) is 0 Å². The fourth-order valence-corrected chi connectivity index (χ4v) is 1.57. The molecule has 0 amide bonds. The fraction of sp³-hybridized carbons (Fsp3) is 0.250. The molecule has 1 aliphatic heterocycles. The summed E-state index contributed by atoms with van der Waals surface area (Å²) in [4.78, 5) is 0. The third-order valence-electron chi connectivity index (χ3n) is 2.28. The van der Waals surface area contributed by atoms with Crippen LogP contribution in [0.25, 0.3) is 0 Å². The van der Waals surface area contributed by atoms with Crippen molar-refractivity contribution in [1.82, 2.24) is 0 Å². The molecule has 0 spiro atoms. The number of hydrogen-bond donors (Lipinski definition) is 0. The Kier molecular flexibility index (Phi) is 2.96. The Morgan fingerprint density at radius 3 is 2.50 bits per heavy atom. The molecule has 1 aliphatic rings. The van der Waals surface area contributed by atoms with Gasteiger partial charge in [-0.25, -0.2) is 0 Å². The van der Waals surface area contributed by atoms with Gasteiger partial charge in [-0.2, -0.15) is 0 Å². The first-order valence-electron chi connectivity index (χ1n) is 4.65. The molecule has 6 heteroatoms. The largest absolute Gasteiger partial charge is 0.466 e. The van der Waals surface area contributed by atoms with E-state index in [1.807, 2.05) is 6.07 Å². The standard InChI is InChI=1S/C8H11B3O3/c1-6-3-4-8(7(2)5-6)11-13-9-12-10-14-11/h3-5,9-10H,1-2H3. The molecule has 0 aliphatic carbocycles. The molecule has 2 rings (SSSR count). The van der Waals surface area contributed by atoms with E-state index in [1.165, 1.54) is 11.1 Å². The highest BCUT2D eigenvalue weighted by atomic mass is 16.7. The van der Waals surface area contributed by atoms with E-state index in [4.69, 9.17) is 13.7 Å². The molecule has 0 aromatic heterocycles. The van der Waals surface area contributed by atoms with Crippen molar-refractivity contribution in [3.63, 3.8) is 0 Å². The highest BCUT2D eigenvalue weighted by Crippen LogP contribution is 2.04. The molecule has 70 valence electrons. The second-order valence-corrected chi connectivity index (χ2v) is 3.47. The topological polar surface area (TPSA) is 27.7 Å². The van der Waals surface area contributed by atoms with Gasteiger partial charge in [0.05, 0.1) is 0 Å². The smallest absolute Gasteiger partial charge is 0.458 e. The summed E-state index contributed by atoms with van der Waals surface area (Å²) in [6, 6.07) is 6.22. The van der Waals surface area contributed by atoms with Gasteiger partial charge in [-0.05, 0) is 19.3 Å². The van der Waals surface area contributed by atoms with Gasteiger partial charge in [0.25, 0.3) is 0 Å². The molecular weight excluding hydrogens is 177 g/mol. The van der Waals surface area contributed by atoms with Crippen LogP contribution in [0.3, 0.4) is 0 Å². The molecule has 0 radical (unpaired) electrons. The molecule has 1 aromatic carbocycles. The SMILES string of the molecule is Cc1ccc(B2OBOBO2)c(C)c1. The normalized spacial score (nSPS) is 16.0. The summed E-state index contributed by atoms with van der Waals surface area (Å²) in [6.07, 6.45) is 0. The van der Waals surface area contributed by atoms with Crippen LogP contribution in [0.15, 0.2) is 18.2 Å². The van der Waals surface area contributed by atoms with Gasteiger partial charge in [-0.15, -0.1) is 0 Å². The lowest BCUT2D eigenvalue weighted by molar-refractivity contribution is 0.333. The summed E-state index contributed by atoms with van der Waals surface area (Å²) in [6.45, 7) is 4.13. The molecule has 3 nitrogen and oxygen atoms in total. The Morgan fingerprint density at radius 2 is 1.86 bits per heavy atom. The minimum atomic E-state index is -0.274. The summed E-state index contributed by atoms with van der Waals surface area (Å²) >= 11 is 0. The molecule has 1 saturated heterocycles. The van der Waals surface area contributed by atoms with Gasteiger partial charge >= 0.3 is 22.5 Å². The van der Waals surface area contributed by atoms with E-state index in [9.17, 15) is 0 Å². The zero-order chi connectivity index (χ0) is 9.97. The van der Waals surface area contributed by atoms with Crippen molar-refractivity contribution < 1.29 is 13.7 Å². The van der Waals surface area contributed by atoms with Gasteiger partial charge in [0.1, 0.15) is 0 Å². The molecule has 1 aromatic rings. The Labute approximate surface area is 85.5 Å². The minimum Gasteiger partial charge on any atom is -0.458 e. The molecule has 0 saturated carbocycles. The minimum absolute atomic E-state index is 0.274. The highest BCUT2D eigenvalue weighted by molar-refractivity contribution is 6.71. The Hall–Kier alpha value is -0.705. The van der Waals surface area contributed by atoms with E-state index in [0.717, 1.165) is 5.46 Å². The second-order valence-electron chi connectivity index (χ2n) is 3.47. The molecule has 0 N–H and O–H groups in total. The maximum absolute atomic E-state index is 5.34. The Morgan fingerprint density at radius 1 is 1.14 bits per heavy atom. The summed E-state index contributed by atoms with van der Waals surface area (Å²) in [5, 5.41) is 0. The lowest BCUT2D eigenvalue weighted by Crippen LogP contribution is -2.45. The van der Waals surface area contributed by atoms with Gasteiger partial charge in [0.2, 0.25) is 0 Å². The van der Waals surface area contributed by atoms with Crippen molar-refractivity contribution in [2.75, 3.05) is 0 Å². The van der Waals surface area contributed by atoms with Crippen molar-refractivity contribution in [2.24, 2.45) is 0 Å². The fourth-order valence-electron chi connectivity index (χ4n) is 1.57. The average Bonchev–Trinajstić information content (AvgIpc) is 2.19. The van der Waals surface area contributed by atoms with Crippen LogP contribution in [0.5, 0.6) is 0 Å². The van der Waals surface area contributed by atoms with Gasteiger partial charge in [-0.1, -0.05) is 29.3 Å². The van der Waals surface area contributed by atoms with E-state index >= 15 is 0 Å². The van der Waals surface area contributed by atoms with Gasteiger partial charge < -0.3 is 13.7 Å². The summed E-state index contributed by atoms with van der Waals surface area (Å²) in [7, 11) is 0.333. The van der Waals surface area contributed by atoms with Gasteiger partial charge in [0, 0.05) is 0 Å². The van der Waals surface area contributed by atoms with E-state index in [-0.39, 0.29) is 7.12 Å². The number of rotatable bonds is 1. The van der Waals surface area contributed by atoms with E-state index in [0.29, 0.717) is 15.4 Å². The lowest BCUT2D eigenvalue weighted by atomic mass is 9.73. The molecule has 0 unspecified atom stereocenters. The van der Waals surface area contributed by atoms with E-state index in [2.05, 4.69) is 26.0 Å². The highest BCUT2D eigenvalue weighted by Gasteiger charge is 2.26. The van der Waals surface area contributed by atoms with Crippen LogP contribution >= 0.6 is 0 Å². The number of benzene rings is 1. The van der Waals surface area contributed by atoms with Crippen molar-refractivity contribution in [3.05, 3.63) is 29.3 Å². The third-order valence-corrected chi connectivity index (χ3v) is 2.28. The van der Waals surface area contributed by atoms with Crippen molar-refractivity contribution in [2.45, 2.75) is 13.8 Å². The molecule has 1 fully saturated rings. The van der Waals surface area contributed by atoms with Crippen LogP contribution in [0.1, 0.15) is 11.1 Å². The predicted molar refractivity (Wildman–Crippen MR) is 58.9 cm³/mol. The maximum Gasteiger partial charge on any atom is 0.466 e. The van der Waals surface area contributed by atoms with Crippen molar-refractivity contribution in [3.8, 4) is 0 Å². The third kappa shape index (κ3) is 2.03. The molecular formula is C8H11B3O3. The lowest BCUT2D eigenvalue weighted by Gasteiger charge is -2.20. The zero-order valence-electron chi connectivity index (χ0n) is 8.45. The quantitative estimate of drug-likeness (QED) is 0.560. The molecule has 0 bridgehead atoms. The average molecular weight is 188 g/mol. The van der Waals surface area contributed by atoms with E-state index in [1.54, 1.807) is 0 Å². The first kappa shape index (κ1) is 9.83. The first-order chi connectivity index (χ1) is 6.77. The monoisotopic (exact) mass is 188 g/mol. The Balaban J connectivity index is 2.22. The molecule has 0 atom stereocenters. The summed E-state index contributed by atoms with van der Waals surface area (Å²) < 4.78 is 15.6. The van der Waals surface area contributed by atoms with E-state index < -0.39 is 0 Å². The zero-order valence-corrected chi connectivity index (χ0v) is 8.45. The van der Waals surface area contributed by atoms with Gasteiger partial charge in [0.15, 0.2) is 0 Å².